The lowest BCUT2D eigenvalue weighted by Crippen LogP contribution is -2.17. The Kier molecular flexibility index (Phi) is 3.66. The Hall–Kier alpha value is -3.22. The van der Waals surface area contributed by atoms with Gasteiger partial charge in [0.15, 0.2) is 5.69 Å². The van der Waals surface area contributed by atoms with Gasteiger partial charge < -0.3 is 15.3 Å². The molecule has 3 N–H and O–H groups in total. The molecule has 0 fully saturated rings. The lowest BCUT2D eigenvalue weighted by atomic mass is 10.0. The summed E-state index contributed by atoms with van der Waals surface area (Å²) in [6, 6.07) is 9.34. The molecule has 0 aliphatic heterocycles. The van der Waals surface area contributed by atoms with Crippen LogP contribution >= 0.6 is 0 Å². The third-order valence-corrected chi connectivity index (χ3v) is 2.74. The fourth-order valence-corrected chi connectivity index (χ4v) is 1.84. The van der Waals surface area contributed by atoms with Crippen molar-refractivity contribution < 1.29 is 29.7 Å². The Morgan fingerprint density at radius 3 is 1.95 bits per heavy atom. The minimum Gasteiger partial charge on any atom is -0.478 e. The number of pyridine rings is 1. The van der Waals surface area contributed by atoms with Gasteiger partial charge in [-0.1, -0.05) is 30.3 Å². The zero-order chi connectivity index (χ0) is 15.6. The van der Waals surface area contributed by atoms with Gasteiger partial charge in [-0.3, -0.25) is 0 Å². The molecule has 1 heterocycles. The second-order valence-electron chi connectivity index (χ2n) is 4.06. The molecular formula is C14H9NO6. The summed E-state index contributed by atoms with van der Waals surface area (Å²) in [6.45, 7) is 0. The molecule has 0 aliphatic rings. The van der Waals surface area contributed by atoms with E-state index in [-0.39, 0.29) is 5.69 Å². The normalized spacial score (nSPS) is 10.1. The Bertz CT molecular complexity index is 703. The summed E-state index contributed by atoms with van der Waals surface area (Å²) in [4.78, 5) is 37.3. The van der Waals surface area contributed by atoms with Crippen LogP contribution < -0.4 is 0 Å². The summed E-state index contributed by atoms with van der Waals surface area (Å²) in [5.74, 6) is -4.79. The van der Waals surface area contributed by atoms with Gasteiger partial charge in [0.1, 0.15) is 5.56 Å². The number of aromatic carboxylic acids is 3. The Morgan fingerprint density at radius 1 is 0.857 bits per heavy atom. The maximum Gasteiger partial charge on any atom is 0.355 e. The van der Waals surface area contributed by atoms with Crippen LogP contribution in [0.25, 0.3) is 11.3 Å². The van der Waals surface area contributed by atoms with E-state index >= 15 is 0 Å². The van der Waals surface area contributed by atoms with Gasteiger partial charge in [0, 0.05) is 5.56 Å². The largest absolute Gasteiger partial charge is 0.478 e. The van der Waals surface area contributed by atoms with Gasteiger partial charge in [-0.05, 0) is 6.07 Å². The number of rotatable bonds is 4. The first-order valence-corrected chi connectivity index (χ1v) is 5.72. The first-order chi connectivity index (χ1) is 9.91. The average molecular weight is 287 g/mol. The number of carboxylic acid groups (broad SMARTS) is 3. The van der Waals surface area contributed by atoms with Gasteiger partial charge in [0.2, 0.25) is 0 Å². The van der Waals surface area contributed by atoms with Gasteiger partial charge in [-0.15, -0.1) is 0 Å². The SMILES string of the molecule is O=C(O)c1cc(-c2ccccc2)nc(C(=O)O)c1C(=O)O. The topological polar surface area (TPSA) is 125 Å². The maximum absolute atomic E-state index is 11.2. The van der Waals surface area contributed by atoms with Gasteiger partial charge in [0.05, 0.1) is 11.3 Å². The van der Waals surface area contributed by atoms with Crippen LogP contribution in [-0.2, 0) is 0 Å². The molecule has 0 unspecified atom stereocenters. The third kappa shape index (κ3) is 2.71. The Labute approximate surface area is 118 Å². The Morgan fingerprint density at radius 2 is 1.48 bits per heavy atom. The predicted octanol–water partition coefficient (Wildman–Crippen LogP) is 1.84. The summed E-state index contributed by atoms with van der Waals surface area (Å²) < 4.78 is 0. The van der Waals surface area contributed by atoms with Gasteiger partial charge >= 0.3 is 17.9 Å². The highest BCUT2D eigenvalue weighted by molar-refractivity contribution is 6.08. The summed E-state index contributed by atoms with van der Waals surface area (Å²) in [5, 5.41) is 27.2. The second-order valence-corrected chi connectivity index (χ2v) is 4.06. The fraction of sp³-hybridized carbons (Fsp3) is 0. The molecule has 1 aromatic heterocycles. The van der Waals surface area contributed by atoms with Gasteiger partial charge in [-0.2, -0.15) is 0 Å². The zero-order valence-corrected chi connectivity index (χ0v) is 10.5. The van der Waals surface area contributed by atoms with Crippen LogP contribution in [-0.4, -0.2) is 38.2 Å². The maximum atomic E-state index is 11.2. The lowest BCUT2D eigenvalue weighted by Gasteiger charge is -2.09. The van der Waals surface area contributed by atoms with Crippen molar-refractivity contribution in [1.82, 2.24) is 4.98 Å². The molecule has 0 bridgehead atoms. The number of benzene rings is 1. The van der Waals surface area contributed by atoms with Crippen LogP contribution in [0.5, 0.6) is 0 Å². The molecule has 21 heavy (non-hydrogen) atoms. The Balaban J connectivity index is 2.80. The van der Waals surface area contributed by atoms with Crippen molar-refractivity contribution in [3.8, 4) is 11.3 Å². The van der Waals surface area contributed by atoms with E-state index in [1.807, 2.05) is 0 Å². The fourth-order valence-electron chi connectivity index (χ4n) is 1.84. The van der Waals surface area contributed by atoms with E-state index in [2.05, 4.69) is 4.98 Å². The average Bonchev–Trinajstić information content (AvgIpc) is 2.46. The van der Waals surface area contributed by atoms with Crippen LogP contribution in [0.15, 0.2) is 36.4 Å². The molecule has 0 saturated heterocycles. The van der Waals surface area contributed by atoms with E-state index in [4.69, 9.17) is 15.3 Å². The first kappa shape index (κ1) is 14.2. The van der Waals surface area contributed by atoms with E-state index in [0.717, 1.165) is 6.07 Å². The molecule has 7 nitrogen and oxygen atoms in total. The van der Waals surface area contributed by atoms with E-state index in [1.165, 1.54) is 0 Å². The van der Waals surface area contributed by atoms with E-state index in [1.54, 1.807) is 30.3 Å². The molecule has 7 heteroatoms. The molecule has 0 radical (unpaired) electrons. The minimum absolute atomic E-state index is 0.0791. The lowest BCUT2D eigenvalue weighted by molar-refractivity contribution is 0.0629. The van der Waals surface area contributed by atoms with Crippen LogP contribution in [0.1, 0.15) is 31.2 Å². The molecule has 0 saturated carbocycles. The molecule has 0 amide bonds. The van der Waals surface area contributed by atoms with Crippen molar-refractivity contribution in [1.29, 1.82) is 0 Å². The van der Waals surface area contributed by atoms with Gasteiger partial charge in [-0.25, -0.2) is 19.4 Å². The van der Waals surface area contributed by atoms with Crippen molar-refractivity contribution in [2.75, 3.05) is 0 Å². The van der Waals surface area contributed by atoms with Gasteiger partial charge in [0.25, 0.3) is 0 Å². The number of nitrogens with zero attached hydrogens (tertiary/aromatic N) is 1. The van der Waals surface area contributed by atoms with E-state index in [9.17, 15) is 14.4 Å². The number of hydrogen-bond donors (Lipinski definition) is 3. The summed E-state index contributed by atoms with van der Waals surface area (Å²) >= 11 is 0. The highest BCUT2D eigenvalue weighted by Crippen LogP contribution is 2.23. The standard InChI is InChI=1S/C14H9NO6/c16-12(17)8-6-9(7-4-2-1-3-5-7)15-11(14(20)21)10(8)13(18)19/h1-6H,(H,16,17)(H,18,19)(H,20,21). The zero-order valence-electron chi connectivity index (χ0n) is 10.5. The van der Waals surface area contributed by atoms with Crippen LogP contribution in [0.3, 0.4) is 0 Å². The molecule has 1 aromatic carbocycles. The van der Waals surface area contributed by atoms with Crippen molar-refractivity contribution >= 4 is 17.9 Å². The molecule has 2 aromatic rings. The summed E-state index contributed by atoms with van der Waals surface area (Å²) in [7, 11) is 0. The van der Waals surface area contributed by atoms with Crippen LogP contribution in [0.4, 0.5) is 0 Å². The highest BCUT2D eigenvalue weighted by Gasteiger charge is 2.26. The first-order valence-electron chi connectivity index (χ1n) is 5.72. The van der Waals surface area contributed by atoms with E-state index in [0.29, 0.717) is 5.56 Å². The van der Waals surface area contributed by atoms with Crippen LogP contribution in [0.2, 0.25) is 0 Å². The quantitative estimate of drug-likeness (QED) is 0.783. The molecule has 0 aliphatic carbocycles. The minimum atomic E-state index is -1.66. The number of aromatic nitrogens is 1. The summed E-state index contributed by atoms with van der Waals surface area (Å²) in [6.07, 6.45) is 0. The van der Waals surface area contributed by atoms with Crippen molar-refractivity contribution in [2.45, 2.75) is 0 Å². The number of hydrogen-bond acceptors (Lipinski definition) is 4. The second kappa shape index (κ2) is 5.41. The third-order valence-electron chi connectivity index (χ3n) is 2.74. The number of carboxylic acids is 3. The molecule has 0 spiro atoms. The molecule has 0 atom stereocenters. The van der Waals surface area contributed by atoms with Crippen LogP contribution in [0, 0.1) is 0 Å². The van der Waals surface area contributed by atoms with Crippen molar-refractivity contribution in [3.63, 3.8) is 0 Å². The predicted molar refractivity (Wildman–Crippen MR) is 70.6 cm³/mol. The highest BCUT2D eigenvalue weighted by atomic mass is 16.4. The van der Waals surface area contributed by atoms with E-state index < -0.39 is 34.7 Å². The monoisotopic (exact) mass is 287 g/mol. The smallest absolute Gasteiger partial charge is 0.355 e. The van der Waals surface area contributed by atoms with Crippen molar-refractivity contribution in [2.24, 2.45) is 0 Å². The molecule has 106 valence electrons. The van der Waals surface area contributed by atoms with Crippen molar-refractivity contribution in [3.05, 3.63) is 53.2 Å². The summed E-state index contributed by atoms with van der Waals surface area (Å²) in [5.41, 5.74) is -1.69. The molecular weight excluding hydrogens is 278 g/mol. The molecule has 2 rings (SSSR count). The number of carbonyl (C=O) groups is 3.